The molecule has 0 aliphatic rings. The Balaban J connectivity index is 1.57. The lowest BCUT2D eigenvalue weighted by atomic mass is 10.1. The number of nitrogens with one attached hydrogen (secondary N) is 3. The average molecular weight is 284 g/mol. The lowest BCUT2D eigenvalue weighted by Crippen LogP contribution is -2.25. The second-order valence-corrected chi connectivity index (χ2v) is 4.25. The number of aromatic amines is 2. The van der Waals surface area contributed by atoms with Crippen molar-refractivity contribution in [3.05, 3.63) is 42.0 Å². The summed E-state index contributed by atoms with van der Waals surface area (Å²) in [5.41, 5.74) is 1.36. The van der Waals surface area contributed by atoms with E-state index in [1.54, 1.807) is 24.3 Å². The molecular formula is C12H12N8O. The van der Waals surface area contributed by atoms with Gasteiger partial charge in [0.2, 0.25) is 5.82 Å². The molecule has 2 heterocycles. The lowest BCUT2D eigenvalue weighted by molar-refractivity contribution is 0.0954. The molecule has 0 aliphatic carbocycles. The molecule has 0 spiro atoms. The smallest absolute Gasteiger partial charge is 0.251 e. The first-order valence-electron chi connectivity index (χ1n) is 6.29. The Morgan fingerprint density at radius 3 is 2.76 bits per heavy atom. The molecule has 9 heteroatoms. The summed E-state index contributed by atoms with van der Waals surface area (Å²) in [6, 6.07) is 6.98. The van der Waals surface area contributed by atoms with Gasteiger partial charge < -0.3 is 5.32 Å². The summed E-state index contributed by atoms with van der Waals surface area (Å²) >= 11 is 0. The summed E-state index contributed by atoms with van der Waals surface area (Å²) in [6.07, 6.45) is 2.04. The van der Waals surface area contributed by atoms with Crippen LogP contribution >= 0.6 is 0 Å². The van der Waals surface area contributed by atoms with Gasteiger partial charge in [-0.05, 0) is 17.3 Å². The number of hydrogen-bond donors (Lipinski definition) is 3. The highest BCUT2D eigenvalue weighted by atomic mass is 16.1. The molecule has 3 N–H and O–H groups in total. The van der Waals surface area contributed by atoms with E-state index in [0.717, 1.165) is 11.4 Å². The number of hydrogen-bond acceptors (Lipinski definition) is 6. The molecular weight excluding hydrogens is 272 g/mol. The quantitative estimate of drug-likeness (QED) is 0.603. The summed E-state index contributed by atoms with van der Waals surface area (Å²) in [7, 11) is 0. The zero-order valence-electron chi connectivity index (χ0n) is 10.9. The van der Waals surface area contributed by atoms with Crippen molar-refractivity contribution in [2.45, 2.75) is 6.42 Å². The van der Waals surface area contributed by atoms with Crippen LogP contribution in [0.1, 0.15) is 16.2 Å². The SMILES string of the molecule is O=C(NCCc1ncn[nH]1)c1ccc(-c2nn[nH]n2)cc1. The van der Waals surface area contributed by atoms with Crippen LogP contribution in [0, 0.1) is 0 Å². The normalized spacial score (nSPS) is 10.5. The van der Waals surface area contributed by atoms with E-state index >= 15 is 0 Å². The van der Waals surface area contributed by atoms with Crippen molar-refractivity contribution in [3.63, 3.8) is 0 Å². The maximum absolute atomic E-state index is 12.0. The van der Waals surface area contributed by atoms with Gasteiger partial charge in [0.25, 0.3) is 5.91 Å². The van der Waals surface area contributed by atoms with Gasteiger partial charge >= 0.3 is 0 Å². The molecule has 2 aromatic heterocycles. The maximum Gasteiger partial charge on any atom is 0.251 e. The van der Waals surface area contributed by atoms with E-state index in [4.69, 9.17) is 0 Å². The first-order valence-corrected chi connectivity index (χ1v) is 6.29. The summed E-state index contributed by atoms with van der Waals surface area (Å²) in [4.78, 5) is 15.9. The lowest BCUT2D eigenvalue weighted by Gasteiger charge is -2.04. The molecule has 9 nitrogen and oxygen atoms in total. The fraction of sp³-hybridized carbons (Fsp3) is 0.167. The number of benzene rings is 1. The Morgan fingerprint density at radius 1 is 1.24 bits per heavy atom. The first-order chi connectivity index (χ1) is 10.3. The Kier molecular flexibility index (Phi) is 3.63. The third-order valence-electron chi connectivity index (χ3n) is 2.86. The molecule has 0 unspecified atom stereocenters. The van der Waals surface area contributed by atoms with Crippen LogP contribution in [0.4, 0.5) is 0 Å². The Labute approximate surface area is 119 Å². The van der Waals surface area contributed by atoms with E-state index in [9.17, 15) is 4.79 Å². The Hall–Kier alpha value is -3.10. The molecule has 21 heavy (non-hydrogen) atoms. The van der Waals surface area contributed by atoms with Gasteiger partial charge in [-0.3, -0.25) is 9.89 Å². The van der Waals surface area contributed by atoms with Crippen molar-refractivity contribution >= 4 is 5.91 Å². The number of nitrogens with zero attached hydrogens (tertiary/aromatic N) is 5. The Morgan fingerprint density at radius 2 is 2.10 bits per heavy atom. The van der Waals surface area contributed by atoms with Gasteiger partial charge in [0.15, 0.2) is 0 Å². The zero-order chi connectivity index (χ0) is 14.5. The fourth-order valence-corrected chi connectivity index (χ4v) is 1.80. The average Bonchev–Trinajstić information content (AvgIpc) is 3.21. The second-order valence-electron chi connectivity index (χ2n) is 4.25. The minimum absolute atomic E-state index is 0.144. The van der Waals surface area contributed by atoms with Gasteiger partial charge in [-0.25, -0.2) is 4.98 Å². The van der Waals surface area contributed by atoms with Crippen LogP contribution in [0.5, 0.6) is 0 Å². The molecule has 0 aliphatic heterocycles. The van der Waals surface area contributed by atoms with E-state index in [2.05, 4.69) is 41.1 Å². The van der Waals surface area contributed by atoms with Crippen LogP contribution in [-0.2, 0) is 6.42 Å². The van der Waals surface area contributed by atoms with Gasteiger partial charge in [0.05, 0.1) is 0 Å². The van der Waals surface area contributed by atoms with Gasteiger partial charge in [0, 0.05) is 24.1 Å². The van der Waals surface area contributed by atoms with Gasteiger partial charge in [0.1, 0.15) is 12.2 Å². The van der Waals surface area contributed by atoms with Crippen molar-refractivity contribution in [2.24, 2.45) is 0 Å². The molecule has 106 valence electrons. The van der Waals surface area contributed by atoms with Crippen molar-refractivity contribution in [2.75, 3.05) is 6.54 Å². The molecule has 3 aromatic rings. The molecule has 0 bridgehead atoms. The van der Waals surface area contributed by atoms with E-state index in [-0.39, 0.29) is 5.91 Å². The summed E-state index contributed by atoms with van der Waals surface area (Å²) in [5.74, 6) is 1.09. The number of tetrazole rings is 1. The minimum atomic E-state index is -0.144. The highest BCUT2D eigenvalue weighted by Crippen LogP contribution is 2.13. The number of rotatable bonds is 5. The maximum atomic E-state index is 12.0. The predicted octanol–water partition coefficient (Wildman–Crippen LogP) is -0.0427. The topological polar surface area (TPSA) is 125 Å². The molecule has 0 radical (unpaired) electrons. The van der Waals surface area contributed by atoms with E-state index in [1.807, 2.05) is 0 Å². The number of aromatic nitrogens is 7. The summed E-state index contributed by atoms with van der Waals surface area (Å²) < 4.78 is 0. The standard InChI is InChI=1S/C12H12N8O/c21-12(13-6-5-10-14-7-15-16-10)9-3-1-8(2-4-9)11-17-19-20-18-11/h1-4,7H,5-6H2,(H,13,21)(H,14,15,16)(H,17,18,19,20). The second kappa shape index (κ2) is 5.90. The van der Waals surface area contributed by atoms with Crippen LogP contribution in [0.2, 0.25) is 0 Å². The minimum Gasteiger partial charge on any atom is -0.352 e. The van der Waals surface area contributed by atoms with E-state index in [1.165, 1.54) is 6.33 Å². The van der Waals surface area contributed by atoms with Crippen molar-refractivity contribution in [3.8, 4) is 11.4 Å². The molecule has 3 rings (SSSR count). The zero-order valence-corrected chi connectivity index (χ0v) is 10.9. The molecule has 0 atom stereocenters. The largest absolute Gasteiger partial charge is 0.352 e. The summed E-state index contributed by atoms with van der Waals surface area (Å²) in [6.45, 7) is 0.487. The Bertz CT molecular complexity index is 689. The molecule has 1 aromatic carbocycles. The van der Waals surface area contributed by atoms with Crippen molar-refractivity contribution in [1.82, 2.24) is 41.1 Å². The third kappa shape index (κ3) is 3.08. The number of carbonyl (C=O) groups excluding carboxylic acids is 1. The van der Waals surface area contributed by atoms with Gasteiger partial charge in [-0.2, -0.15) is 10.3 Å². The van der Waals surface area contributed by atoms with Crippen molar-refractivity contribution < 1.29 is 4.79 Å². The third-order valence-corrected chi connectivity index (χ3v) is 2.86. The van der Waals surface area contributed by atoms with Crippen LogP contribution < -0.4 is 5.32 Å². The summed E-state index contributed by atoms with van der Waals surface area (Å²) in [5, 5.41) is 22.9. The molecule has 1 amide bonds. The van der Waals surface area contributed by atoms with Crippen LogP contribution in [0.3, 0.4) is 0 Å². The first kappa shape index (κ1) is 12.9. The molecule has 0 saturated carbocycles. The van der Waals surface area contributed by atoms with Crippen LogP contribution in [-0.4, -0.2) is 48.3 Å². The van der Waals surface area contributed by atoms with Crippen LogP contribution in [0.25, 0.3) is 11.4 Å². The van der Waals surface area contributed by atoms with Gasteiger partial charge in [-0.15, -0.1) is 10.2 Å². The van der Waals surface area contributed by atoms with E-state index < -0.39 is 0 Å². The fourth-order valence-electron chi connectivity index (χ4n) is 1.80. The predicted molar refractivity (Wildman–Crippen MR) is 72.0 cm³/mol. The number of carbonyl (C=O) groups is 1. The molecule has 0 saturated heterocycles. The van der Waals surface area contributed by atoms with E-state index in [0.29, 0.717) is 24.4 Å². The number of amides is 1. The van der Waals surface area contributed by atoms with Gasteiger partial charge in [-0.1, -0.05) is 12.1 Å². The highest BCUT2D eigenvalue weighted by molar-refractivity contribution is 5.94. The van der Waals surface area contributed by atoms with Crippen molar-refractivity contribution in [1.29, 1.82) is 0 Å². The monoisotopic (exact) mass is 284 g/mol. The highest BCUT2D eigenvalue weighted by Gasteiger charge is 2.07. The molecule has 0 fully saturated rings. The van der Waals surface area contributed by atoms with Crippen LogP contribution in [0.15, 0.2) is 30.6 Å². The number of H-pyrrole nitrogens is 2.